The second-order valence-electron chi connectivity index (χ2n) is 9.87. The highest BCUT2D eigenvalue weighted by atomic mass is 15.2. The average Bonchev–Trinajstić information content (AvgIpc) is 3.00. The number of rotatable bonds is 12. The number of nitrogens with zero attached hydrogens (tertiary/aromatic N) is 4. The molecule has 0 aliphatic heterocycles. The number of nitrogens with one attached hydrogen (secondary N) is 3. The Morgan fingerprint density at radius 3 is 1.12 bits per heavy atom. The zero-order valence-electron chi connectivity index (χ0n) is 22.4. The molecule has 0 fully saturated rings. The number of benzene rings is 3. The van der Waals surface area contributed by atoms with Gasteiger partial charge in [-0.2, -0.15) is 0 Å². The Morgan fingerprint density at radius 2 is 0.775 bits per heavy atom. The number of fused-ring (bicyclic) bond motifs is 3. The van der Waals surface area contributed by atoms with Gasteiger partial charge >= 0.3 is 0 Å². The molecular formula is C33H33N7. The second-order valence-corrected chi connectivity index (χ2v) is 9.87. The molecular weight excluding hydrogens is 494 g/mol. The molecule has 0 unspecified atom stereocenters. The maximum absolute atomic E-state index is 4.58. The van der Waals surface area contributed by atoms with E-state index in [4.69, 9.17) is 0 Å². The van der Waals surface area contributed by atoms with Crippen LogP contribution in [0.1, 0.15) is 0 Å². The van der Waals surface area contributed by atoms with Crippen LogP contribution in [-0.4, -0.2) is 59.1 Å². The number of aromatic nitrogens is 3. The molecule has 0 amide bonds. The van der Waals surface area contributed by atoms with Gasteiger partial charge < -0.3 is 16.0 Å². The third-order valence-corrected chi connectivity index (χ3v) is 7.04. The summed E-state index contributed by atoms with van der Waals surface area (Å²) in [6, 6.07) is 31.1. The van der Waals surface area contributed by atoms with E-state index in [2.05, 4.69) is 72.2 Å². The molecule has 0 bridgehead atoms. The monoisotopic (exact) mass is 527 g/mol. The van der Waals surface area contributed by atoms with Crippen LogP contribution in [0.5, 0.6) is 0 Å². The predicted molar refractivity (Wildman–Crippen MR) is 167 cm³/mol. The summed E-state index contributed by atoms with van der Waals surface area (Å²) in [5.74, 6) is 0. The van der Waals surface area contributed by atoms with Gasteiger partial charge in [-0.05, 0) is 36.4 Å². The topological polar surface area (TPSA) is 78.0 Å². The van der Waals surface area contributed by atoms with Gasteiger partial charge in [0.1, 0.15) is 0 Å². The molecule has 7 heteroatoms. The lowest BCUT2D eigenvalue weighted by atomic mass is 10.2. The molecule has 0 saturated carbocycles. The van der Waals surface area contributed by atoms with Crippen LogP contribution in [0.3, 0.4) is 0 Å². The first-order valence-electron chi connectivity index (χ1n) is 13.8. The molecule has 0 atom stereocenters. The fourth-order valence-electron chi connectivity index (χ4n) is 4.91. The molecule has 3 aromatic heterocycles. The van der Waals surface area contributed by atoms with Crippen LogP contribution in [0.25, 0.3) is 32.7 Å². The van der Waals surface area contributed by atoms with Crippen molar-refractivity contribution >= 4 is 49.8 Å². The van der Waals surface area contributed by atoms with E-state index >= 15 is 0 Å². The van der Waals surface area contributed by atoms with Crippen molar-refractivity contribution in [1.82, 2.24) is 19.9 Å². The van der Waals surface area contributed by atoms with Crippen molar-refractivity contribution in [3.63, 3.8) is 0 Å². The third kappa shape index (κ3) is 6.45. The molecule has 3 heterocycles. The summed E-state index contributed by atoms with van der Waals surface area (Å²) in [6.07, 6.45) is 5.74. The van der Waals surface area contributed by atoms with Crippen molar-refractivity contribution in [2.24, 2.45) is 0 Å². The van der Waals surface area contributed by atoms with Gasteiger partial charge in [0.2, 0.25) is 0 Å². The highest BCUT2D eigenvalue weighted by molar-refractivity contribution is 5.83. The minimum absolute atomic E-state index is 0.828. The molecule has 200 valence electrons. The molecule has 7 nitrogen and oxygen atoms in total. The highest BCUT2D eigenvalue weighted by Gasteiger charge is 2.07. The normalized spacial score (nSPS) is 11.3. The maximum atomic E-state index is 4.58. The van der Waals surface area contributed by atoms with Gasteiger partial charge in [0.15, 0.2) is 0 Å². The summed E-state index contributed by atoms with van der Waals surface area (Å²) in [4.78, 5) is 16.2. The van der Waals surface area contributed by atoms with Crippen LogP contribution in [0.15, 0.2) is 110 Å². The first kappa shape index (κ1) is 25.5. The fraction of sp³-hybridized carbons (Fsp3) is 0.182. The van der Waals surface area contributed by atoms with Gasteiger partial charge in [0.05, 0.1) is 52.2 Å². The maximum Gasteiger partial charge on any atom is 0.0703 e. The molecule has 0 aliphatic carbocycles. The lowest BCUT2D eigenvalue weighted by Crippen LogP contribution is -2.36. The number of hydrogen-bond donors (Lipinski definition) is 3. The van der Waals surface area contributed by atoms with Gasteiger partial charge in [-0.15, -0.1) is 0 Å². The Kier molecular flexibility index (Phi) is 7.92. The summed E-state index contributed by atoms with van der Waals surface area (Å²) in [5.41, 5.74) is 6.16. The summed E-state index contributed by atoms with van der Waals surface area (Å²) < 4.78 is 0. The smallest absolute Gasteiger partial charge is 0.0703 e. The van der Waals surface area contributed by atoms with Crippen molar-refractivity contribution in [3.8, 4) is 0 Å². The average molecular weight is 528 g/mol. The van der Waals surface area contributed by atoms with Crippen molar-refractivity contribution in [3.05, 3.63) is 110 Å². The van der Waals surface area contributed by atoms with Crippen LogP contribution in [0, 0.1) is 0 Å². The van der Waals surface area contributed by atoms with Crippen LogP contribution < -0.4 is 16.0 Å². The third-order valence-electron chi connectivity index (χ3n) is 7.04. The molecule has 6 rings (SSSR count). The minimum Gasteiger partial charge on any atom is -0.382 e. The minimum atomic E-state index is 0.828. The standard InChI is InChI=1S/C33H33N7/c1-4-10-31-25(7-1)19-28(22-37-31)34-13-16-40(17-14-35-29-20-26-8-2-5-11-32(26)38-23-29)18-15-36-30-21-27-9-3-6-12-33(27)39-24-30/h1-12,19-24,34-36H,13-18H2. The number of anilines is 3. The van der Waals surface area contributed by atoms with E-state index in [0.29, 0.717) is 0 Å². The highest BCUT2D eigenvalue weighted by Crippen LogP contribution is 2.18. The van der Waals surface area contributed by atoms with Gasteiger partial charge in [-0.1, -0.05) is 54.6 Å². The van der Waals surface area contributed by atoms with Gasteiger partial charge in [0.25, 0.3) is 0 Å². The van der Waals surface area contributed by atoms with E-state index in [-0.39, 0.29) is 0 Å². The van der Waals surface area contributed by atoms with Gasteiger partial charge in [0, 0.05) is 55.4 Å². The quantitative estimate of drug-likeness (QED) is 0.173. The van der Waals surface area contributed by atoms with Crippen LogP contribution in [-0.2, 0) is 0 Å². The molecule has 3 N–H and O–H groups in total. The zero-order valence-corrected chi connectivity index (χ0v) is 22.4. The Labute approximate surface area is 234 Å². The van der Waals surface area contributed by atoms with E-state index in [1.54, 1.807) is 0 Å². The second kappa shape index (κ2) is 12.4. The van der Waals surface area contributed by atoms with E-state index in [0.717, 1.165) is 89.0 Å². The SMILES string of the molecule is c1ccc2ncc(NCCN(CCNc3cnc4ccccc4c3)CCNc3cnc4ccccc4c3)cc2c1. The summed E-state index contributed by atoms with van der Waals surface area (Å²) >= 11 is 0. The lowest BCUT2D eigenvalue weighted by Gasteiger charge is -2.23. The molecule has 0 aliphatic rings. The van der Waals surface area contributed by atoms with Crippen LogP contribution in [0.4, 0.5) is 17.1 Å². The van der Waals surface area contributed by atoms with Crippen molar-refractivity contribution < 1.29 is 0 Å². The van der Waals surface area contributed by atoms with Crippen LogP contribution in [0.2, 0.25) is 0 Å². The Bertz CT molecular complexity index is 1520. The van der Waals surface area contributed by atoms with Crippen molar-refractivity contribution in [2.45, 2.75) is 0 Å². The van der Waals surface area contributed by atoms with E-state index in [9.17, 15) is 0 Å². The molecule has 0 radical (unpaired) electrons. The van der Waals surface area contributed by atoms with Crippen molar-refractivity contribution in [1.29, 1.82) is 0 Å². The molecule has 0 spiro atoms. The summed E-state index contributed by atoms with van der Waals surface area (Å²) in [5, 5.41) is 14.1. The first-order chi connectivity index (χ1) is 19.8. The Hall–Kier alpha value is -4.75. The lowest BCUT2D eigenvalue weighted by molar-refractivity contribution is 0.306. The Balaban J connectivity index is 1.06. The molecule has 3 aromatic carbocycles. The predicted octanol–water partition coefficient (Wildman–Crippen LogP) is 6.27. The van der Waals surface area contributed by atoms with Gasteiger partial charge in [-0.3, -0.25) is 19.9 Å². The Morgan fingerprint density at radius 1 is 0.450 bits per heavy atom. The van der Waals surface area contributed by atoms with Gasteiger partial charge in [-0.25, -0.2) is 0 Å². The first-order valence-corrected chi connectivity index (χ1v) is 13.8. The molecule has 40 heavy (non-hydrogen) atoms. The summed E-state index contributed by atoms with van der Waals surface area (Å²) in [7, 11) is 0. The number of pyridine rings is 3. The fourth-order valence-corrected chi connectivity index (χ4v) is 4.91. The van der Waals surface area contributed by atoms with E-state index < -0.39 is 0 Å². The molecule has 6 aromatic rings. The van der Waals surface area contributed by atoms with E-state index in [1.807, 2.05) is 73.2 Å². The molecule has 0 saturated heterocycles. The van der Waals surface area contributed by atoms with E-state index in [1.165, 1.54) is 0 Å². The zero-order chi connectivity index (χ0) is 27.0. The van der Waals surface area contributed by atoms with Crippen molar-refractivity contribution in [2.75, 3.05) is 55.2 Å². The summed E-state index contributed by atoms with van der Waals surface area (Å²) in [6.45, 7) is 5.20. The largest absolute Gasteiger partial charge is 0.382 e. The number of hydrogen-bond acceptors (Lipinski definition) is 7. The number of para-hydroxylation sites is 3. The van der Waals surface area contributed by atoms with Crippen LogP contribution >= 0.6 is 0 Å².